The Kier molecular flexibility index (Phi) is 5.52. The van der Waals surface area contributed by atoms with Crippen LogP contribution in [-0.4, -0.2) is 38.0 Å². The number of rotatable bonds is 6. The van der Waals surface area contributed by atoms with Gasteiger partial charge in [0.05, 0.1) is 37.9 Å². The van der Waals surface area contributed by atoms with E-state index in [0.29, 0.717) is 17.8 Å². The fourth-order valence-corrected chi connectivity index (χ4v) is 2.91. The molecule has 1 saturated heterocycles. The van der Waals surface area contributed by atoms with Crippen molar-refractivity contribution in [1.82, 2.24) is 5.32 Å². The van der Waals surface area contributed by atoms with Gasteiger partial charge in [0.25, 0.3) is 5.91 Å². The van der Waals surface area contributed by atoms with Crippen LogP contribution in [0.25, 0.3) is 0 Å². The summed E-state index contributed by atoms with van der Waals surface area (Å²) in [6.45, 7) is 0.461. The van der Waals surface area contributed by atoms with Crippen molar-refractivity contribution in [3.05, 3.63) is 59.7 Å². The minimum Gasteiger partial charge on any atom is -0.497 e. The molecule has 1 fully saturated rings. The number of carbonyl (C=O) groups is 3. The molecule has 27 heavy (non-hydrogen) atoms. The van der Waals surface area contributed by atoms with Gasteiger partial charge in [-0.05, 0) is 42.0 Å². The van der Waals surface area contributed by atoms with Gasteiger partial charge < -0.3 is 14.8 Å². The van der Waals surface area contributed by atoms with Gasteiger partial charge in [-0.3, -0.25) is 9.59 Å². The molecule has 1 aliphatic heterocycles. The molecule has 1 N–H and O–H groups in total. The van der Waals surface area contributed by atoms with E-state index in [-0.39, 0.29) is 18.2 Å². The first kappa shape index (κ1) is 18.6. The zero-order chi connectivity index (χ0) is 19.4. The number of hydrogen-bond acceptors (Lipinski definition) is 6. The number of esters is 1. The maximum atomic E-state index is 12.6. The first-order valence-corrected chi connectivity index (χ1v) is 8.45. The molecule has 2 amide bonds. The molecule has 1 heterocycles. The van der Waals surface area contributed by atoms with Gasteiger partial charge in [0.15, 0.2) is 0 Å². The third-order valence-corrected chi connectivity index (χ3v) is 4.40. The molecule has 140 valence electrons. The quantitative estimate of drug-likeness (QED) is 0.619. The minimum absolute atomic E-state index is 0.0910. The van der Waals surface area contributed by atoms with Crippen molar-refractivity contribution in [2.75, 3.05) is 19.1 Å². The van der Waals surface area contributed by atoms with Gasteiger partial charge >= 0.3 is 5.97 Å². The number of imide groups is 1. The van der Waals surface area contributed by atoms with Crippen molar-refractivity contribution in [3.63, 3.8) is 0 Å². The number of hydrogen-bond donors (Lipinski definition) is 1. The summed E-state index contributed by atoms with van der Waals surface area (Å²) in [6.07, 6.45) is 0.0910. The highest BCUT2D eigenvalue weighted by atomic mass is 16.5. The van der Waals surface area contributed by atoms with Crippen LogP contribution in [0.2, 0.25) is 0 Å². The van der Waals surface area contributed by atoms with Crippen LogP contribution in [0.4, 0.5) is 5.69 Å². The average molecular weight is 368 g/mol. The lowest BCUT2D eigenvalue weighted by molar-refractivity contribution is -0.121. The van der Waals surface area contributed by atoms with E-state index in [1.165, 1.54) is 19.2 Å². The lowest BCUT2D eigenvalue weighted by Gasteiger charge is -2.16. The van der Waals surface area contributed by atoms with Gasteiger partial charge in [0, 0.05) is 6.54 Å². The molecule has 3 rings (SSSR count). The van der Waals surface area contributed by atoms with Gasteiger partial charge in [-0.1, -0.05) is 12.1 Å². The van der Waals surface area contributed by atoms with Crippen molar-refractivity contribution in [2.45, 2.75) is 19.0 Å². The molecule has 0 aromatic heterocycles. The van der Waals surface area contributed by atoms with E-state index in [1.54, 1.807) is 19.2 Å². The number of ether oxygens (including phenoxy) is 2. The zero-order valence-electron chi connectivity index (χ0n) is 15.1. The van der Waals surface area contributed by atoms with Gasteiger partial charge in [-0.2, -0.15) is 0 Å². The number of carbonyl (C=O) groups excluding carboxylic acids is 3. The molecule has 0 unspecified atom stereocenters. The van der Waals surface area contributed by atoms with Crippen molar-refractivity contribution >= 4 is 23.5 Å². The van der Waals surface area contributed by atoms with E-state index in [9.17, 15) is 14.4 Å². The SMILES string of the molecule is COC(=O)c1ccc(N2C(=O)C[C@@H](NCc3ccc(OC)cc3)C2=O)cc1. The molecule has 2 aromatic carbocycles. The monoisotopic (exact) mass is 368 g/mol. The van der Waals surface area contributed by atoms with Crippen LogP contribution in [-0.2, 0) is 20.9 Å². The Morgan fingerprint density at radius 1 is 1.07 bits per heavy atom. The molecule has 7 nitrogen and oxygen atoms in total. The number of methoxy groups -OCH3 is 2. The lowest BCUT2D eigenvalue weighted by atomic mass is 10.2. The Morgan fingerprint density at radius 3 is 2.33 bits per heavy atom. The zero-order valence-corrected chi connectivity index (χ0v) is 15.1. The second-order valence-corrected chi connectivity index (χ2v) is 6.09. The summed E-state index contributed by atoms with van der Waals surface area (Å²) in [4.78, 5) is 37.6. The number of nitrogens with one attached hydrogen (secondary N) is 1. The fraction of sp³-hybridized carbons (Fsp3) is 0.250. The average Bonchev–Trinajstić information content (AvgIpc) is 2.99. The molecule has 1 aliphatic rings. The standard InChI is InChI=1S/C20H20N2O5/c1-26-16-9-3-13(4-10-16)12-21-17-11-18(23)22(19(17)24)15-7-5-14(6-8-15)20(25)27-2/h3-10,17,21H,11-12H2,1-2H3/t17-/m1/s1. The summed E-state index contributed by atoms with van der Waals surface area (Å²) in [5.41, 5.74) is 1.78. The number of benzene rings is 2. The first-order chi connectivity index (χ1) is 13.0. The molecule has 0 aliphatic carbocycles. The van der Waals surface area contributed by atoms with Crippen molar-refractivity contribution in [3.8, 4) is 5.75 Å². The van der Waals surface area contributed by atoms with Gasteiger partial charge in [-0.15, -0.1) is 0 Å². The van der Waals surface area contributed by atoms with Crippen LogP contribution in [0, 0.1) is 0 Å². The van der Waals surface area contributed by atoms with E-state index >= 15 is 0 Å². The second-order valence-electron chi connectivity index (χ2n) is 6.09. The van der Waals surface area contributed by atoms with Crippen molar-refractivity contribution < 1.29 is 23.9 Å². The molecular formula is C20H20N2O5. The summed E-state index contributed by atoms with van der Waals surface area (Å²) in [5, 5.41) is 3.13. The van der Waals surface area contributed by atoms with E-state index in [2.05, 4.69) is 10.1 Å². The Morgan fingerprint density at radius 2 is 1.74 bits per heavy atom. The molecule has 0 spiro atoms. The van der Waals surface area contributed by atoms with Gasteiger partial charge in [0.2, 0.25) is 5.91 Å². The third kappa shape index (κ3) is 3.98. The largest absolute Gasteiger partial charge is 0.497 e. The molecule has 0 bridgehead atoms. The Hall–Kier alpha value is -3.19. The van der Waals surface area contributed by atoms with Crippen LogP contribution < -0.4 is 15.0 Å². The minimum atomic E-state index is -0.583. The summed E-state index contributed by atoms with van der Waals surface area (Å²) < 4.78 is 9.76. The van der Waals surface area contributed by atoms with E-state index < -0.39 is 12.0 Å². The maximum absolute atomic E-state index is 12.6. The van der Waals surface area contributed by atoms with Crippen LogP contribution in [0.5, 0.6) is 5.75 Å². The Labute approximate surface area is 156 Å². The highest BCUT2D eigenvalue weighted by Gasteiger charge is 2.39. The normalized spacial score (nSPS) is 16.5. The summed E-state index contributed by atoms with van der Waals surface area (Å²) in [5.74, 6) is -0.301. The number of amides is 2. The van der Waals surface area contributed by atoms with Gasteiger partial charge in [0.1, 0.15) is 5.75 Å². The summed E-state index contributed by atoms with van der Waals surface area (Å²) in [7, 11) is 2.89. The third-order valence-electron chi connectivity index (χ3n) is 4.40. The summed E-state index contributed by atoms with van der Waals surface area (Å²) >= 11 is 0. The topological polar surface area (TPSA) is 84.9 Å². The molecular weight excluding hydrogens is 348 g/mol. The number of anilines is 1. The first-order valence-electron chi connectivity index (χ1n) is 8.45. The van der Waals surface area contributed by atoms with E-state index in [4.69, 9.17) is 4.74 Å². The molecule has 2 aromatic rings. The molecule has 7 heteroatoms. The number of nitrogens with zero attached hydrogens (tertiary/aromatic N) is 1. The fourth-order valence-electron chi connectivity index (χ4n) is 2.91. The van der Waals surface area contributed by atoms with Crippen molar-refractivity contribution in [2.24, 2.45) is 0 Å². The predicted molar refractivity (Wildman–Crippen MR) is 98.5 cm³/mol. The van der Waals surface area contributed by atoms with E-state index in [1.807, 2.05) is 24.3 Å². The van der Waals surface area contributed by atoms with Crippen LogP contribution in [0.3, 0.4) is 0 Å². The Balaban J connectivity index is 1.66. The van der Waals surface area contributed by atoms with Gasteiger partial charge in [-0.25, -0.2) is 9.69 Å². The second kappa shape index (κ2) is 8.01. The molecule has 0 saturated carbocycles. The Bertz CT molecular complexity index is 846. The van der Waals surface area contributed by atoms with Crippen LogP contribution in [0.15, 0.2) is 48.5 Å². The maximum Gasteiger partial charge on any atom is 0.337 e. The van der Waals surface area contributed by atoms with Crippen LogP contribution in [0.1, 0.15) is 22.3 Å². The lowest BCUT2D eigenvalue weighted by Crippen LogP contribution is -2.38. The van der Waals surface area contributed by atoms with E-state index in [0.717, 1.165) is 16.2 Å². The molecule has 0 radical (unpaired) electrons. The highest BCUT2D eigenvalue weighted by Crippen LogP contribution is 2.24. The van der Waals surface area contributed by atoms with Crippen molar-refractivity contribution in [1.29, 1.82) is 0 Å². The predicted octanol–water partition coefficient (Wildman–Crippen LogP) is 1.90. The van der Waals surface area contributed by atoms with Crippen LogP contribution >= 0.6 is 0 Å². The summed E-state index contributed by atoms with van der Waals surface area (Å²) in [6, 6.07) is 13.1. The highest BCUT2D eigenvalue weighted by molar-refractivity contribution is 6.22. The smallest absolute Gasteiger partial charge is 0.337 e. The molecule has 1 atom stereocenters.